The van der Waals surface area contributed by atoms with Crippen molar-refractivity contribution in [3.05, 3.63) is 23.8 Å². The third kappa shape index (κ3) is 2.24. The summed E-state index contributed by atoms with van der Waals surface area (Å²) in [7, 11) is -4.15. The monoisotopic (exact) mass is 215 g/mol. The van der Waals surface area contributed by atoms with Crippen molar-refractivity contribution in [3.63, 3.8) is 0 Å². The van der Waals surface area contributed by atoms with Crippen molar-refractivity contribution in [2.45, 2.75) is 18.7 Å². The van der Waals surface area contributed by atoms with Crippen LogP contribution in [0.5, 0.6) is 0 Å². The predicted molar refractivity (Wildman–Crippen MR) is 55.2 cm³/mol. The van der Waals surface area contributed by atoms with Crippen molar-refractivity contribution in [1.82, 2.24) is 0 Å². The molecule has 5 heteroatoms. The van der Waals surface area contributed by atoms with Crippen LogP contribution in [0.3, 0.4) is 0 Å². The number of anilines is 1. The molecule has 0 unspecified atom stereocenters. The Morgan fingerprint density at radius 2 is 2.07 bits per heavy atom. The largest absolute Gasteiger partial charge is 0.384 e. The molecular formula is C9H13NO3S. The fraction of sp³-hybridized carbons (Fsp3) is 0.333. The first kappa shape index (κ1) is 11.0. The second-order valence-electron chi connectivity index (χ2n) is 2.96. The van der Waals surface area contributed by atoms with Gasteiger partial charge < -0.3 is 5.32 Å². The highest BCUT2D eigenvalue weighted by Crippen LogP contribution is 2.24. The molecule has 78 valence electrons. The molecule has 1 aromatic carbocycles. The first-order valence-corrected chi connectivity index (χ1v) is 5.71. The molecule has 0 radical (unpaired) electrons. The fourth-order valence-corrected chi connectivity index (χ4v) is 2.22. The van der Waals surface area contributed by atoms with Gasteiger partial charge in [0.05, 0.1) is 5.69 Å². The van der Waals surface area contributed by atoms with Gasteiger partial charge in [0, 0.05) is 6.54 Å². The maximum atomic E-state index is 11.1. The molecule has 4 nitrogen and oxygen atoms in total. The van der Waals surface area contributed by atoms with Gasteiger partial charge in [0.15, 0.2) is 0 Å². The molecule has 14 heavy (non-hydrogen) atoms. The Morgan fingerprint density at radius 3 is 2.57 bits per heavy atom. The quantitative estimate of drug-likeness (QED) is 0.753. The number of nitrogens with one attached hydrogen (secondary N) is 1. The third-order valence-corrected chi connectivity index (χ3v) is 2.89. The summed E-state index contributed by atoms with van der Waals surface area (Å²) in [5.74, 6) is 0. The molecule has 0 saturated heterocycles. The number of hydrogen-bond donors (Lipinski definition) is 2. The van der Waals surface area contributed by atoms with E-state index >= 15 is 0 Å². The van der Waals surface area contributed by atoms with Gasteiger partial charge in [-0.2, -0.15) is 8.42 Å². The lowest BCUT2D eigenvalue weighted by Crippen LogP contribution is -2.07. The third-order valence-electron chi connectivity index (χ3n) is 1.84. The number of hydrogen-bond acceptors (Lipinski definition) is 3. The summed E-state index contributed by atoms with van der Waals surface area (Å²) in [6.07, 6.45) is 0. The standard InChI is InChI=1S/C9H13NO3S/c1-3-10-8-6-4-5-7(2)9(8)14(11,12)13/h4-6,10H,3H2,1-2H3,(H,11,12,13). The molecule has 0 atom stereocenters. The second-order valence-corrected chi connectivity index (χ2v) is 4.32. The SMILES string of the molecule is CCNc1cccc(C)c1S(=O)(=O)O. The van der Waals surface area contributed by atoms with E-state index in [4.69, 9.17) is 4.55 Å². The lowest BCUT2D eigenvalue weighted by atomic mass is 10.2. The lowest BCUT2D eigenvalue weighted by molar-refractivity contribution is 0.483. The summed E-state index contributed by atoms with van der Waals surface area (Å²) in [6, 6.07) is 5.01. The summed E-state index contributed by atoms with van der Waals surface area (Å²) in [6.45, 7) is 4.10. The van der Waals surface area contributed by atoms with Crippen LogP contribution in [0.1, 0.15) is 12.5 Å². The van der Waals surface area contributed by atoms with Crippen molar-refractivity contribution < 1.29 is 13.0 Å². The molecule has 0 aliphatic carbocycles. The molecule has 0 spiro atoms. The van der Waals surface area contributed by atoms with Gasteiger partial charge in [0.25, 0.3) is 10.1 Å². The average molecular weight is 215 g/mol. The van der Waals surface area contributed by atoms with Gasteiger partial charge in [-0.25, -0.2) is 0 Å². The minimum atomic E-state index is -4.15. The van der Waals surface area contributed by atoms with Crippen LogP contribution < -0.4 is 5.32 Å². The molecular weight excluding hydrogens is 202 g/mol. The number of aryl methyl sites for hydroxylation is 1. The molecule has 0 bridgehead atoms. The summed E-state index contributed by atoms with van der Waals surface area (Å²) in [5, 5.41) is 2.88. The first-order valence-electron chi connectivity index (χ1n) is 4.27. The van der Waals surface area contributed by atoms with Gasteiger partial charge in [-0.3, -0.25) is 4.55 Å². The van der Waals surface area contributed by atoms with Crippen LogP contribution in [0.25, 0.3) is 0 Å². The van der Waals surface area contributed by atoms with Crippen molar-refractivity contribution in [2.75, 3.05) is 11.9 Å². The maximum absolute atomic E-state index is 11.1. The van der Waals surface area contributed by atoms with E-state index < -0.39 is 10.1 Å². The average Bonchev–Trinajstić information content (AvgIpc) is 2.02. The van der Waals surface area contributed by atoms with E-state index in [0.29, 0.717) is 17.8 Å². The Balaban J connectivity index is 3.37. The smallest absolute Gasteiger partial charge is 0.296 e. The first-order chi connectivity index (χ1) is 6.46. The van der Waals surface area contributed by atoms with Crippen molar-refractivity contribution >= 4 is 15.8 Å². The van der Waals surface area contributed by atoms with E-state index in [9.17, 15) is 8.42 Å². The molecule has 0 aliphatic heterocycles. The van der Waals surface area contributed by atoms with Crippen LogP contribution in [0.2, 0.25) is 0 Å². The minimum absolute atomic E-state index is 0.0400. The molecule has 0 saturated carbocycles. The summed E-state index contributed by atoms with van der Waals surface area (Å²) < 4.78 is 31.1. The molecule has 0 aliphatic rings. The Kier molecular flexibility index (Phi) is 3.13. The van der Waals surface area contributed by atoms with E-state index in [0.717, 1.165) is 0 Å². The second kappa shape index (κ2) is 3.98. The number of benzene rings is 1. The van der Waals surface area contributed by atoms with E-state index in [1.807, 2.05) is 6.92 Å². The van der Waals surface area contributed by atoms with Gasteiger partial charge in [0.1, 0.15) is 4.90 Å². The van der Waals surface area contributed by atoms with Gasteiger partial charge in [-0.1, -0.05) is 12.1 Å². The minimum Gasteiger partial charge on any atom is -0.384 e. The van der Waals surface area contributed by atoms with Crippen LogP contribution in [0.4, 0.5) is 5.69 Å². The maximum Gasteiger partial charge on any atom is 0.296 e. The molecule has 0 aromatic heterocycles. The molecule has 2 N–H and O–H groups in total. The van der Waals surface area contributed by atoms with Crippen molar-refractivity contribution in [3.8, 4) is 0 Å². The van der Waals surface area contributed by atoms with Crippen LogP contribution in [0, 0.1) is 6.92 Å². The van der Waals surface area contributed by atoms with E-state index in [-0.39, 0.29) is 4.90 Å². The zero-order valence-electron chi connectivity index (χ0n) is 8.11. The van der Waals surface area contributed by atoms with E-state index in [1.54, 1.807) is 25.1 Å². The Labute approximate surface area is 83.7 Å². The Hall–Kier alpha value is -1.07. The highest BCUT2D eigenvalue weighted by molar-refractivity contribution is 7.86. The zero-order valence-corrected chi connectivity index (χ0v) is 8.93. The van der Waals surface area contributed by atoms with E-state index in [1.165, 1.54) is 0 Å². The molecule has 0 fully saturated rings. The van der Waals surface area contributed by atoms with Crippen LogP contribution in [-0.2, 0) is 10.1 Å². The summed E-state index contributed by atoms with van der Waals surface area (Å²) >= 11 is 0. The predicted octanol–water partition coefficient (Wildman–Crippen LogP) is 1.67. The van der Waals surface area contributed by atoms with Crippen LogP contribution >= 0.6 is 0 Å². The number of rotatable bonds is 3. The van der Waals surface area contributed by atoms with Gasteiger partial charge >= 0.3 is 0 Å². The van der Waals surface area contributed by atoms with Crippen molar-refractivity contribution in [2.24, 2.45) is 0 Å². The molecule has 0 amide bonds. The van der Waals surface area contributed by atoms with E-state index in [2.05, 4.69) is 5.32 Å². The molecule has 1 rings (SSSR count). The summed E-state index contributed by atoms with van der Waals surface area (Å²) in [5.41, 5.74) is 0.973. The lowest BCUT2D eigenvalue weighted by Gasteiger charge is -2.10. The Bertz CT molecular complexity index is 426. The zero-order chi connectivity index (χ0) is 10.8. The van der Waals surface area contributed by atoms with Gasteiger partial charge in [-0.05, 0) is 25.5 Å². The normalized spacial score (nSPS) is 11.4. The molecule has 1 aromatic rings. The highest BCUT2D eigenvalue weighted by atomic mass is 32.2. The topological polar surface area (TPSA) is 66.4 Å². The highest BCUT2D eigenvalue weighted by Gasteiger charge is 2.17. The fourth-order valence-electron chi connectivity index (χ4n) is 1.32. The Morgan fingerprint density at radius 1 is 1.43 bits per heavy atom. The van der Waals surface area contributed by atoms with Crippen LogP contribution in [-0.4, -0.2) is 19.5 Å². The molecule has 0 heterocycles. The summed E-state index contributed by atoms with van der Waals surface area (Å²) in [4.78, 5) is -0.0400. The van der Waals surface area contributed by atoms with Gasteiger partial charge in [-0.15, -0.1) is 0 Å². The van der Waals surface area contributed by atoms with Gasteiger partial charge in [0.2, 0.25) is 0 Å². The van der Waals surface area contributed by atoms with Crippen molar-refractivity contribution in [1.29, 1.82) is 0 Å². The van der Waals surface area contributed by atoms with Crippen LogP contribution in [0.15, 0.2) is 23.1 Å².